The molecule has 116 valence electrons. The van der Waals surface area contributed by atoms with Crippen molar-refractivity contribution in [2.45, 2.75) is 25.7 Å². The van der Waals surface area contributed by atoms with Crippen LogP contribution < -0.4 is 0 Å². The summed E-state index contributed by atoms with van der Waals surface area (Å²) in [6.45, 7) is 4.05. The van der Waals surface area contributed by atoms with Gasteiger partial charge in [0, 0.05) is 5.41 Å². The Morgan fingerprint density at radius 1 is 0.955 bits per heavy atom. The molecular weight excluding hydrogens is 280 g/mol. The molecule has 0 amide bonds. The molecule has 4 nitrogen and oxygen atoms in total. The second kappa shape index (κ2) is 6.52. The second-order valence-electron chi connectivity index (χ2n) is 5.41. The van der Waals surface area contributed by atoms with Crippen molar-refractivity contribution in [3.63, 3.8) is 0 Å². The molecule has 0 aliphatic heterocycles. The summed E-state index contributed by atoms with van der Waals surface area (Å²) in [6.07, 6.45) is 0.177. The van der Waals surface area contributed by atoms with Crippen LogP contribution in [0.25, 0.3) is 0 Å². The predicted molar refractivity (Wildman–Crippen MR) is 83.9 cm³/mol. The molecule has 2 rings (SSSR count). The van der Waals surface area contributed by atoms with E-state index in [4.69, 9.17) is 4.74 Å². The highest BCUT2D eigenvalue weighted by molar-refractivity contribution is 5.72. The summed E-state index contributed by atoms with van der Waals surface area (Å²) >= 11 is 0. The van der Waals surface area contributed by atoms with Crippen LogP contribution >= 0.6 is 0 Å². The Bertz CT molecular complexity index is 584. The first-order chi connectivity index (χ1) is 10.5. The lowest BCUT2D eigenvalue weighted by Gasteiger charge is -2.30. The highest BCUT2D eigenvalue weighted by Crippen LogP contribution is 2.37. The van der Waals surface area contributed by atoms with Crippen LogP contribution in [0.2, 0.25) is 0 Å². The third-order valence-electron chi connectivity index (χ3n) is 3.81. The molecule has 0 saturated heterocycles. The predicted octanol–water partition coefficient (Wildman–Crippen LogP) is 3.36. The van der Waals surface area contributed by atoms with Gasteiger partial charge in [0.2, 0.25) is 0 Å². The minimum atomic E-state index is -0.604. The molecule has 0 atom stereocenters. The van der Waals surface area contributed by atoms with Crippen LogP contribution in [0.1, 0.15) is 31.4 Å². The summed E-state index contributed by atoms with van der Waals surface area (Å²) in [5.74, 6) is 0.0621. The molecule has 0 fully saturated rings. The summed E-state index contributed by atoms with van der Waals surface area (Å²) in [7, 11) is 0. The lowest BCUT2D eigenvalue weighted by atomic mass is 9.74. The van der Waals surface area contributed by atoms with Gasteiger partial charge in [0.25, 0.3) is 0 Å². The molecule has 0 aliphatic rings. The van der Waals surface area contributed by atoms with Crippen LogP contribution in [-0.4, -0.2) is 22.8 Å². The average Bonchev–Trinajstić information content (AvgIpc) is 2.48. The van der Waals surface area contributed by atoms with Gasteiger partial charge in [-0.2, -0.15) is 0 Å². The number of esters is 1. The topological polar surface area (TPSA) is 66.8 Å². The molecule has 4 heteroatoms. The number of phenolic OH excluding ortho intramolecular Hbond substituents is 2. The standard InChI is InChI=1S/C18H20O4/c1-3-22-17(21)12-18(2,13-4-8-15(19)9-5-13)14-6-10-16(20)11-7-14/h4-11,19-20H,3,12H2,1-2H3. The van der Waals surface area contributed by atoms with Crippen molar-refractivity contribution in [3.8, 4) is 11.5 Å². The number of phenols is 2. The number of rotatable bonds is 5. The van der Waals surface area contributed by atoms with Crippen LogP contribution in [0.15, 0.2) is 48.5 Å². The lowest BCUT2D eigenvalue weighted by Crippen LogP contribution is -2.28. The van der Waals surface area contributed by atoms with Gasteiger partial charge >= 0.3 is 5.97 Å². The van der Waals surface area contributed by atoms with Crippen molar-refractivity contribution in [2.24, 2.45) is 0 Å². The second-order valence-corrected chi connectivity index (χ2v) is 5.41. The molecule has 0 spiro atoms. The van der Waals surface area contributed by atoms with Crippen molar-refractivity contribution in [1.82, 2.24) is 0 Å². The molecule has 0 unspecified atom stereocenters. The maximum atomic E-state index is 12.0. The third kappa shape index (κ3) is 3.39. The first-order valence-corrected chi connectivity index (χ1v) is 7.20. The van der Waals surface area contributed by atoms with Gasteiger partial charge in [-0.1, -0.05) is 31.2 Å². The number of hydrogen-bond donors (Lipinski definition) is 2. The smallest absolute Gasteiger partial charge is 0.307 e. The minimum absolute atomic E-state index is 0.174. The van der Waals surface area contributed by atoms with Crippen molar-refractivity contribution in [1.29, 1.82) is 0 Å². The monoisotopic (exact) mass is 300 g/mol. The lowest BCUT2D eigenvalue weighted by molar-refractivity contribution is -0.144. The molecule has 0 radical (unpaired) electrons. The van der Waals surface area contributed by atoms with Crippen molar-refractivity contribution >= 4 is 5.97 Å². The number of carbonyl (C=O) groups excluding carboxylic acids is 1. The van der Waals surface area contributed by atoms with Crippen molar-refractivity contribution < 1.29 is 19.7 Å². The molecule has 2 aromatic rings. The van der Waals surface area contributed by atoms with Crippen LogP contribution in [0.3, 0.4) is 0 Å². The van der Waals surface area contributed by atoms with E-state index in [9.17, 15) is 15.0 Å². The fraction of sp³-hybridized carbons (Fsp3) is 0.278. The van der Waals surface area contributed by atoms with E-state index < -0.39 is 5.41 Å². The van der Waals surface area contributed by atoms with Gasteiger partial charge in [0.15, 0.2) is 0 Å². The van der Waals surface area contributed by atoms with E-state index in [0.717, 1.165) is 11.1 Å². The van der Waals surface area contributed by atoms with Gasteiger partial charge < -0.3 is 14.9 Å². The fourth-order valence-corrected chi connectivity index (χ4v) is 2.53. The van der Waals surface area contributed by atoms with E-state index >= 15 is 0 Å². The number of hydrogen-bond acceptors (Lipinski definition) is 4. The molecular formula is C18H20O4. The summed E-state index contributed by atoms with van der Waals surface area (Å²) in [6, 6.07) is 13.6. The summed E-state index contributed by atoms with van der Waals surface area (Å²) in [5.41, 5.74) is 1.18. The maximum absolute atomic E-state index is 12.0. The van der Waals surface area contributed by atoms with E-state index in [-0.39, 0.29) is 23.9 Å². The Hall–Kier alpha value is -2.49. The van der Waals surface area contributed by atoms with Gasteiger partial charge in [-0.3, -0.25) is 4.79 Å². The Balaban J connectivity index is 2.45. The van der Waals surface area contributed by atoms with E-state index in [1.807, 2.05) is 6.92 Å². The SMILES string of the molecule is CCOC(=O)CC(C)(c1ccc(O)cc1)c1ccc(O)cc1. The molecule has 2 aromatic carbocycles. The number of aromatic hydroxyl groups is 2. The van der Waals surface area contributed by atoms with Gasteiger partial charge in [-0.05, 0) is 42.3 Å². The van der Waals surface area contributed by atoms with Crippen molar-refractivity contribution in [3.05, 3.63) is 59.7 Å². The normalized spacial score (nSPS) is 11.2. The Morgan fingerprint density at radius 3 is 1.73 bits per heavy atom. The first-order valence-electron chi connectivity index (χ1n) is 7.20. The molecule has 0 bridgehead atoms. The molecule has 0 heterocycles. The zero-order valence-electron chi connectivity index (χ0n) is 12.7. The third-order valence-corrected chi connectivity index (χ3v) is 3.81. The summed E-state index contributed by atoms with van der Waals surface area (Å²) in [4.78, 5) is 12.0. The van der Waals surface area contributed by atoms with E-state index in [1.54, 1.807) is 55.5 Å². The summed E-state index contributed by atoms with van der Waals surface area (Å²) < 4.78 is 5.09. The minimum Gasteiger partial charge on any atom is -0.508 e. The van der Waals surface area contributed by atoms with Gasteiger partial charge in [0.1, 0.15) is 11.5 Å². The Kier molecular flexibility index (Phi) is 4.71. The van der Waals surface area contributed by atoms with E-state index in [1.165, 1.54) is 0 Å². The zero-order valence-corrected chi connectivity index (χ0v) is 12.7. The average molecular weight is 300 g/mol. The molecule has 22 heavy (non-hydrogen) atoms. The number of benzene rings is 2. The van der Waals surface area contributed by atoms with E-state index in [2.05, 4.69) is 0 Å². The van der Waals surface area contributed by atoms with Crippen LogP contribution in [-0.2, 0) is 14.9 Å². The van der Waals surface area contributed by atoms with Gasteiger partial charge in [-0.25, -0.2) is 0 Å². The van der Waals surface area contributed by atoms with Crippen LogP contribution in [0, 0.1) is 0 Å². The van der Waals surface area contributed by atoms with Crippen molar-refractivity contribution in [2.75, 3.05) is 6.61 Å². The molecule has 0 aliphatic carbocycles. The van der Waals surface area contributed by atoms with Gasteiger partial charge in [-0.15, -0.1) is 0 Å². The molecule has 2 N–H and O–H groups in total. The van der Waals surface area contributed by atoms with E-state index in [0.29, 0.717) is 6.61 Å². The largest absolute Gasteiger partial charge is 0.508 e. The number of carbonyl (C=O) groups is 1. The highest BCUT2D eigenvalue weighted by atomic mass is 16.5. The van der Waals surface area contributed by atoms with Crippen LogP contribution in [0.5, 0.6) is 11.5 Å². The van der Waals surface area contributed by atoms with Gasteiger partial charge in [0.05, 0.1) is 13.0 Å². The quantitative estimate of drug-likeness (QED) is 0.831. The van der Waals surface area contributed by atoms with Crippen LogP contribution in [0.4, 0.5) is 0 Å². The highest BCUT2D eigenvalue weighted by Gasteiger charge is 2.32. The number of ether oxygens (including phenoxy) is 1. The molecule has 0 aromatic heterocycles. The zero-order chi connectivity index (χ0) is 16.2. The Morgan fingerprint density at radius 2 is 1.36 bits per heavy atom. The molecule has 0 saturated carbocycles. The fourth-order valence-electron chi connectivity index (χ4n) is 2.53. The summed E-state index contributed by atoms with van der Waals surface area (Å²) in [5, 5.41) is 18.9. The first kappa shape index (κ1) is 15.9. The Labute approximate surface area is 130 Å². The maximum Gasteiger partial charge on any atom is 0.307 e.